The molecule has 0 bridgehead atoms. The maximum absolute atomic E-state index is 5.90. The van der Waals surface area contributed by atoms with Gasteiger partial charge < -0.3 is 14.8 Å². The van der Waals surface area contributed by atoms with Gasteiger partial charge in [0.05, 0.1) is 12.1 Å². The van der Waals surface area contributed by atoms with Crippen molar-refractivity contribution in [1.82, 2.24) is 5.32 Å². The number of benzene rings is 2. The molecule has 0 fully saturated rings. The SMILES string of the molecule is C#CCOc1ccc(CC(C)C(=S)NCc2ccc(Cl)cc2)cc1OC. The zero-order valence-electron chi connectivity index (χ0n) is 14.9. The summed E-state index contributed by atoms with van der Waals surface area (Å²) in [5.41, 5.74) is 2.26. The van der Waals surface area contributed by atoms with Crippen LogP contribution in [0, 0.1) is 18.3 Å². The number of halogens is 1. The Bertz CT molecular complexity index is 784. The third kappa shape index (κ3) is 5.94. The summed E-state index contributed by atoms with van der Waals surface area (Å²) in [5, 5.41) is 4.05. The molecule has 0 radical (unpaired) electrons. The highest BCUT2D eigenvalue weighted by Crippen LogP contribution is 2.29. The molecular formula is C21H22ClNO2S. The molecule has 2 rings (SSSR count). The fraction of sp³-hybridized carbons (Fsp3) is 0.286. The molecule has 1 N–H and O–H groups in total. The average molecular weight is 388 g/mol. The summed E-state index contributed by atoms with van der Waals surface area (Å²) in [7, 11) is 1.61. The molecule has 1 unspecified atom stereocenters. The Morgan fingerprint density at radius 2 is 1.88 bits per heavy atom. The molecular weight excluding hydrogens is 366 g/mol. The topological polar surface area (TPSA) is 30.5 Å². The Morgan fingerprint density at radius 3 is 2.54 bits per heavy atom. The monoisotopic (exact) mass is 387 g/mol. The summed E-state index contributed by atoms with van der Waals surface area (Å²) in [4.78, 5) is 0.826. The molecule has 1 atom stereocenters. The minimum atomic E-state index is 0.194. The van der Waals surface area contributed by atoms with Gasteiger partial charge in [0.15, 0.2) is 11.5 Å². The standard InChI is InChI=1S/C21H22ClNO2S/c1-4-11-25-19-10-7-17(13-20(19)24-3)12-15(2)21(26)23-14-16-5-8-18(22)9-6-16/h1,5-10,13,15H,11-12,14H2,2-3H3,(H,23,26). The van der Waals surface area contributed by atoms with Crippen LogP contribution in [0.5, 0.6) is 11.5 Å². The lowest BCUT2D eigenvalue weighted by Gasteiger charge is -2.17. The molecule has 0 saturated heterocycles. The Labute approximate surface area is 165 Å². The summed E-state index contributed by atoms with van der Waals surface area (Å²) in [6.07, 6.45) is 6.03. The van der Waals surface area contributed by atoms with Gasteiger partial charge in [0.25, 0.3) is 0 Å². The fourth-order valence-electron chi connectivity index (χ4n) is 2.49. The van der Waals surface area contributed by atoms with Crippen molar-refractivity contribution >= 4 is 28.8 Å². The van der Waals surface area contributed by atoms with Gasteiger partial charge in [-0.3, -0.25) is 0 Å². The van der Waals surface area contributed by atoms with Crippen LogP contribution in [0.25, 0.3) is 0 Å². The van der Waals surface area contributed by atoms with E-state index in [1.807, 2.05) is 42.5 Å². The molecule has 2 aromatic carbocycles. The van der Waals surface area contributed by atoms with Gasteiger partial charge >= 0.3 is 0 Å². The lowest BCUT2D eigenvalue weighted by Crippen LogP contribution is -2.28. The highest BCUT2D eigenvalue weighted by molar-refractivity contribution is 7.80. The molecule has 2 aromatic rings. The lowest BCUT2D eigenvalue weighted by atomic mass is 10.0. The summed E-state index contributed by atoms with van der Waals surface area (Å²) < 4.78 is 10.9. The molecule has 0 aliphatic carbocycles. The number of thiocarbonyl (C=S) groups is 1. The molecule has 0 spiro atoms. The fourth-order valence-corrected chi connectivity index (χ4v) is 2.77. The maximum Gasteiger partial charge on any atom is 0.162 e. The maximum atomic E-state index is 5.90. The molecule has 0 saturated carbocycles. The van der Waals surface area contributed by atoms with E-state index in [4.69, 9.17) is 39.7 Å². The van der Waals surface area contributed by atoms with Gasteiger partial charge in [-0.2, -0.15) is 0 Å². The van der Waals surface area contributed by atoms with Crippen molar-refractivity contribution in [3.63, 3.8) is 0 Å². The van der Waals surface area contributed by atoms with Gasteiger partial charge in [-0.25, -0.2) is 0 Å². The Balaban J connectivity index is 1.93. The molecule has 3 nitrogen and oxygen atoms in total. The average Bonchev–Trinajstić information content (AvgIpc) is 2.66. The second-order valence-corrected chi connectivity index (χ2v) is 6.80. The van der Waals surface area contributed by atoms with Crippen LogP contribution < -0.4 is 14.8 Å². The Hall–Kier alpha value is -2.22. The van der Waals surface area contributed by atoms with Crippen molar-refractivity contribution < 1.29 is 9.47 Å². The predicted octanol–water partition coefficient (Wildman–Crippen LogP) is 4.66. The van der Waals surface area contributed by atoms with Crippen molar-refractivity contribution in [3.8, 4) is 23.8 Å². The van der Waals surface area contributed by atoms with E-state index >= 15 is 0 Å². The van der Waals surface area contributed by atoms with E-state index in [1.54, 1.807) is 7.11 Å². The number of nitrogens with one attached hydrogen (secondary N) is 1. The van der Waals surface area contributed by atoms with Crippen LogP contribution in [-0.4, -0.2) is 18.7 Å². The number of hydrogen-bond acceptors (Lipinski definition) is 3. The van der Waals surface area contributed by atoms with Crippen LogP contribution in [-0.2, 0) is 13.0 Å². The summed E-state index contributed by atoms with van der Waals surface area (Å²) in [5.74, 6) is 3.96. The molecule has 5 heteroatoms. The first-order valence-corrected chi connectivity index (χ1v) is 9.07. The molecule has 0 aliphatic heterocycles. The van der Waals surface area contributed by atoms with Crippen molar-refractivity contribution in [1.29, 1.82) is 0 Å². The predicted molar refractivity (Wildman–Crippen MR) is 111 cm³/mol. The van der Waals surface area contributed by atoms with E-state index in [0.717, 1.165) is 27.6 Å². The van der Waals surface area contributed by atoms with E-state index in [0.29, 0.717) is 18.0 Å². The summed E-state index contributed by atoms with van der Waals surface area (Å²) in [6, 6.07) is 13.6. The molecule has 26 heavy (non-hydrogen) atoms. The van der Waals surface area contributed by atoms with Crippen molar-refractivity contribution in [3.05, 3.63) is 58.6 Å². The van der Waals surface area contributed by atoms with E-state index in [1.165, 1.54) is 0 Å². The Morgan fingerprint density at radius 1 is 1.19 bits per heavy atom. The number of methoxy groups -OCH3 is 1. The van der Waals surface area contributed by atoms with Crippen molar-refractivity contribution in [2.24, 2.45) is 5.92 Å². The number of rotatable bonds is 8. The van der Waals surface area contributed by atoms with E-state index in [2.05, 4.69) is 18.2 Å². The van der Waals surface area contributed by atoms with Crippen molar-refractivity contribution in [2.75, 3.05) is 13.7 Å². The zero-order chi connectivity index (χ0) is 18.9. The zero-order valence-corrected chi connectivity index (χ0v) is 16.5. The van der Waals surface area contributed by atoms with Crippen LogP contribution in [0.1, 0.15) is 18.1 Å². The highest BCUT2D eigenvalue weighted by Gasteiger charge is 2.12. The third-order valence-corrected chi connectivity index (χ3v) is 4.71. The van der Waals surface area contributed by atoms with E-state index in [9.17, 15) is 0 Å². The van der Waals surface area contributed by atoms with Gasteiger partial charge in [-0.1, -0.05) is 54.9 Å². The normalized spacial score (nSPS) is 11.3. The largest absolute Gasteiger partial charge is 0.493 e. The first-order valence-electron chi connectivity index (χ1n) is 8.28. The molecule has 0 aromatic heterocycles. The van der Waals surface area contributed by atoms with Crippen LogP contribution in [0.2, 0.25) is 5.02 Å². The first-order chi connectivity index (χ1) is 12.5. The van der Waals surface area contributed by atoms with Gasteiger partial charge in [0.2, 0.25) is 0 Å². The number of ether oxygens (including phenoxy) is 2. The van der Waals surface area contributed by atoms with Gasteiger partial charge in [0.1, 0.15) is 6.61 Å². The second kappa shape index (κ2) is 10.1. The highest BCUT2D eigenvalue weighted by atomic mass is 35.5. The van der Waals surface area contributed by atoms with Crippen LogP contribution >= 0.6 is 23.8 Å². The van der Waals surface area contributed by atoms with E-state index < -0.39 is 0 Å². The molecule has 136 valence electrons. The number of terminal acetylenes is 1. The Kier molecular flexibility index (Phi) is 7.77. The van der Waals surface area contributed by atoms with E-state index in [-0.39, 0.29) is 12.5 Å². The van der Waals surface area contributed by atoms with Crippen LogP contribution in [0.4, 0.5) is 0 Å². The smallest absolute Gasteiger partial charge is 0.162 e. The van der Waals surface area contributed by atoms with Crippen molar-refractivity contribution in [2.45, 2.75) is 19.9 Å². The van der Waals surface area contributed by atoms with Crippen LogP contribution in [0.3, 0.4) is 0 Å². The summed E-state index contributed by atoms with van der Waals surface area (Å²) >= 11 is 11.4. The molecule has 0 aliphatic rings. The minimum absolute atomic E-state index is 0.194. The summed E-state index contributed by atoms with van der Waals surface area (Å²) in [6.45, 7) is 3.00. The van der Waals surface area contributed by atoms with Gasteiger partial charge in [-0.15, -0.1) is 6.42 Å². The third-order valence-electron chi connectivity index (χ3n) is 3.91. The minimum Gasteiger partial charge on any atom is -0.493 e. The quantitative estimate of drug-likeness (QED) is 0.527. The van der Waals surface area contributed by atoms with Crippen LogP contribution in [0.15, 0.2) is 42.5 Å². The van der Waals surface area contributed by atoms with Gasteiger partial charge in [-0.05, 0) is 41.8 Å². The number of hydrogen-bond donors (Lipinski definition) is 1. The molecule has 0 amide bonds. The first kappa shape index (κ1) is 20.1. The lowest BCUT2D eigenvalue weighted by molar-refractivity contribution is 0.330. The second-order valence-electron chi connectivity index (χ2n) is 5.93. The van der Waals surface area contributed by atoms with Gasteiger partial charge in [0, 0.05) is 17.5 Å². The molecule has 0 heterocycles.